The smallest absolute Gasteiger partial charge is 0.328 e. The van der Waals surface area contributed by atoms with Crippen molar-refractivity contribution in [3.05, 3.63) is 66.0 Å². The van der Waals surface area contributed by atoms with E-state index in [1.54, 1.807) is 12.1 Å². The number of nitrogens with zero attached hydrogens (tertiary/aromatic N) is 2. The Morgan fingerprint density at radius 2 is 1.68 bits per heavy atom. The second kappa shape index (κ2) is 8.12. The Balaban J connectivity index is 1.74. The summed E-state index contributed by atoms with van der Waals surface area (Å²) in [5, 5.41) is 0. The topological polar surface area (TPSA) is 32.8 Å². The van der Waals surface area contributed by atoms with E-state index >= 15 is 0 Å². The van der Waals surface area contributed by atoms with Gasteiger partial charge in [0.15, 0.2) is 0 Å². The monoisotopic (exact) mass is 342 g/mol. The third-order valence-corrected chi connectivity index (χ3v) is 4.50. The summed E-state index contributed by atoms with van der Waals surface area (Å²) < 4.78 is 19.3. The lowest BCUT2D eigenvalue weighted by Crippen LogP contribution is -2.49. The van der Waals surface area contributed by atoms with Crippen LogP contribution in [0.5, 0.6) is 0 Å². The number of halogens is 1. The van der Waals surface area contributed by atoms with Crippen molar-refractivity contribution in [3.63, 3.8) is 0 Å². The van der Waals surface area contributed by atoms with Crippen molar-refractivity contribution in [3.8, 4) is 0 Å². The van der Waals surface area contributed by atoms with Crippen molar-refractivity contribution in [2.45, 2.75) is 13.0 Å². The molecule has 2 aromatic carbocycles. The lowest BCUT2D eigenvalue weighted by atomic mass is 10.0. The summed E-state index contributed by atoms with van der Waals surface area (Å²) in [5.41, 5.74) is 1.55. The number of anilines is 1. The van der Waals surface area contributed by atoms with Crippen molar-refractivity contribution in [2.75, 3.05) is 37.7 Å². The largest absolute Gasteiger partial charge is 0.465 e. The molecule has 0 bridgehead atoms. The minimum Gasteiger partial charge on any atom is -0.465 e. The van der Waals surface area contributed by atoms with E-state index in [0.717, 1.165) is 5.56 Å². The zero-order chi connectivity index (χ0) is 17.6. The second-order valence-electron chi connectivity index (χ2n) is 6.04. The number of hydrogen-bond donors (Lipinski definition) is 0. The molecular formula is C20H23FN2O2. The number of para-hydroxylation sites is 1. The highest BCUT2D eigenvalue weighted by Gasteiger charge is 2.31. The standard InChI is InChI=1S/C20H23FN2O2/c1-2-25-20(24)19(16-8-4-3-5-9-16)23-14-12-22(13-15-23)18-11-7-6-10-17(18)21/h3-11,19H,2,12-15H2,1H3/t19-/m0/s1. The Morgan fingerprint density at radius 3 is 2.32 bits per heavy atom. The Bertz CT molecular complexity index is 700. The maximum Gasteiger partial charge on any atom is 0.328 e. The van der Waals surface area contributed by atoms with Gasteiger partial charge in [-0.1, -0.05) is 42.5 Å². The first-order valence-corrected chi connectivity index (χ1v) is 8.66. The first-order chi connectivity index (χ1) is 12.2. The normalized spacial score (nSPS) is 16.5. The highest BCUT2D eigenvalue weighted by molar-refractivity contribution is 5.77. The maximum absolute atomic E-state index is 14.0. The van der Waals surface area contributed by atoms with E-state index in [4.69, 9.17) is 4.74 Å². The van der Waals surface area contributed by atoms with Gasteiger partial charge in [0.1, 0.15) is 11.9 Å². The third kappa shape index (κ3) is 3.99. The van der Waals surface area contributed by atoms with Crippen molar-refractivity contribution in [2.24, 2.45) is 0 Å². The average Bonchev–Trinajstić information content (AvgIpc) is 2.64. The molecule has 0 amide bonds. The molecule has 5 heteroatoms. The molecule has 1 aliphatic heterocycles. The fourth-order valence-electron chi connectivity index (χ4n) is 3.28. The van der Waals surface area contributed by atoms with Crippen LogP contribution < -0.4 is 4.90 Å². The number of hydrogen-bond acceptors (Lipinski definition) is 4. The Morgan fingerprint density at radius 1 is 1.04 bits per heavy atom. The minimum absolute atomic E-state index is 0.207. The zero-order valence-corrected chi connectivity index (χ0v) is 14.4. The van der Waals surface area contributed by atoms with Crippen molar-refractivity contribution < 1.29 is 13.9 Å². The average molecular weight is 342 g/mol. The van der Waals surface area contributed by atoms with Gasteiger partial charge in [0.25, 0.3) is 0 Å². The van der Waals surface area contributed by atoms with E-state index in [1.165, 1.54) is 6.07 Å². The SMILES string of the molecule is CCOC(=O)[C@H](c1ccccc1)N1CCN(c2ccccc2F)CC1. The predicted octanol–water partition coefficient (Wildman–Crippen LogP) is 3.25. The summed E-state index contributed by atoms with van der Waals surface area (Å²) in [6.07, 6.45) is 0. The van der Waals surface area contributed by atoms with E-state index in [0.29, 0.717) is 38.5 Å². The minimum atomic E-state index is -0.413. The molecule has 0 spiro atoms. The van der Waals surface area contributed by atoms with Gasteiger partial charge in [-0.3, -0.25) is 4.90 Å². The van der Waals surface area contributed by atoms with Gasteiger partial charge in [-0.2, -0.15) is 0 Å². The van der Waals surface area contributed by atoms with Gasteiger partial charge in [0, 0.05) is 26.2 Å². The number of esters is 1. The van der Waals surface area contributed by atoms with Crippen molar-refractivity contribution in [1.29, 1.82) is 0 Å². The first kappa shape index (κ1) is 17.4. The lowest BCUT2D eigenvalue weighted by molar-refractivity contribution is -0.150. The molecule has 1 heterocycles. The van der Waals surface area contributed by atoms with E-state index in [9.17, 15) is 9.18 Å². The second-order valence-corrected chi connectivity index (χ2v) is 6.04. The highest BCUT2D eigenvalue weighted by atomic mass is 19.1. The van der Waals surface area contributed by atoms with Crippen LogP contribution in [0.4, 0.5) is 10.1 Å². The Labute approximate surface area is 147 Å². The molecule has 3 rings (SSSR count). The number of ether oxygens (including phenoxy) is 1. The fourth-order valence-corrected chi connectivity index (χ4v) is 3.28. The molecule has 4 nitrogen and oxygen atoms in total. The Hall–Kier alpha value is -2.40. The molecule has 25 heavy (non-hydrogen) atoms. The predicted molar refractivity (Wildman–Crippen MR) is 96.0 cm³/mol. The van der Waals surface area contributed by atoms with E-state index in [-0.39, 0.29) is 11.8 Å². The van der Waals surface area contributed by atoms with Gasteiger partial charge in [-0.25, -0.2) is 9.18 Å². The van der Waals surface area contributed by atoms with Crippen LogP contribution in [0.15, 0.2) is 54.6 Å². The molecule has 0 aromatic heterocycles. The molecule has 0 unspecified atom stereocenters. The fraction of sp³-hybridized carbons (Fsp3) is 0.350. The van der Waals surface area contributed by atoms with Gasteiger partial charge in [0.05, 0.1) is 12.3 Å². The van der Waals surface area contributed by atoms with Crippen LogP contribution in [0, 0.1) is 5.82 Å². The van der Waals surface area contributed by atoms with E-state index in [1.807, 2.05) is 48.2 Å². The van der Waals surface area contributed by atoms with Crippen LogP contribution in [0.1, 0.15) is 18.5 Å². The Kier molecular flexibility index (Phi) is 5.66. The van der Waals surface area contributed by atoms with Crippen molar-refractivity contribution >= 4 is 11.7 Å². The van der Waals surface area contributed by atoms with Gasteiger partial charge in [-0.15, -0.1) is 0 Å². The van der Waals surface area contributed by atoms with Crippen LogP contribution in [-0.4, -0.2) is 43.7 Å². The molecule has 1 saturated heterocycles. The molecule has 0 N–H and O–H groups in total. The summed E-state index contributed by atoms with van der Waals surface area (Å²) in [7, 11) is 0. The van der Waals surface area contributed by atoms with Crippen LogP contribution >= 0.6 is 0 Å². The number of rotatable bonds is 5. The molecule has 0 saturated carbocycles. The molecule has 1 atom stereocenters. The molecule has 1 fully saturated rings. The van der Waals surface area contributed by atoms with Crippen LogP contribution in [-0.2, 0) is 9.53 Å². The first-order valence-electron chi connectivity index (χ1n) is 8.66. The van der Waals surface area contributed by atoms with Crippen LogP contribution in [0.2, 0.25) is 0 Å². The van der Waals surface area contributed by atoms with E-state index < -0.39 is 6.04 Å². The number of carbonyl (C=O) groups excluding carboxylic acids is 1. The quantitative estimate of drug-likeness (QED) is 0.781. The number of piperazine rings is 1. The zero-order valence-electron chi connectivity index (χ0n) is 14.4. The molecular weight excluding hydrogens is 319 g/mol. The van der Waals surface area contributed by atoms with Crippen LogP contribution in [0.3, 0.4) is 0 Å². The van der Waals surface area contributed by atoms with Gasteiger partial charge in [0.2, 0.25) is 0 Å². The van der Waals surface area contributed by atoms with Crippen LogP contribution in [0.25, 0.3) is 0 Å². The highest BCUT2D eigenvalue weighted by Crippen LogP contribution is 2.26. The third-order valence-electron chi connectivity index (χ3n) is 4.50. The molecule has 1 aliphatic rings. The molecule has 2 aromatic rings. The molecule has 0 aliphatic carbocycles. The van der Waals surface area contributed by atoms with Gasteiger partial charge >= 0.3 is 5.97 Å². The molecule has 0 radical (unpaired) electrons. The number of benzene rings is 2. The number of carbonyl (C=O) groups is 1. The van der Waals surface area contributed by atoms with Gasteiger partial charge in [-0.05, 0) is 24.6 Å². The summed E-state index contributed by atoms with van der Waals surface area (Å²) >= 11 is 0. The lowest BCUT2D eigenvalue weighted by Gasteiger charge is -2.39. The summed E-state index contributed by atoms with van der Waals surface area (Å²) in [6, 6.07) is 16.1. The summed E-state index contributed by atoms with van der Waals surface area (Å²) in [6.45, 7) is 4.86. The van der Waals surface area contributed by atoms with Gasteiger partial charge < -0.3 is 9.64 Å². The summed E-state index contributed by atoms with van der Waals surface area (Å²) in [5.74, 6) is -0.436. The molecule has 132 valence electrons. The maximum atomic E-state index is 14.0. The summed E-state index contributed by atoms with van der Waals surface area (Å²) in [4.78, 5) is 16.7. The van der Waals surface area contributed by atoms with E-state index in [2.05, 4.69) is 4.90 Å². The van der Waals surface area contributed by atoms with Crippen molar-refractivity contribution in [1.82, 2.24) is 4.90 Å².